The summed E-state index contributed by atoms with van der Waals surface area (Å²) in [4.78, 5) is 2.21. The van der Waals surface area contributed by atoms with Crippen molar-refractivity contribution < 1.29 is 5.11 Å². The topological polar surface area (TPSA) is 46.2 Å². The van der Waals surface area contributed by atoms with Gasteiger partial charge in [0.15, 0.2) is 0 Å². The van der Waals surface area contributed by atoms with Gasteiger partial charge < -0.3 is 5.11 Å². The van der Waals surface area contributed by atoms with Gasteiger partial charge in [0.05, 0.1) is 12.8 Å². The van der Waals surface area contributed by atoms with Crippen LogP contribution in [-0.2, 0) is 6.67 Å². The molecule has 0 bridgehead atoms. The molecule has 0 aliphatic carbocycles. The van der Waals surface area contributed by atoms with Crippen LogP contribution in [0.3, 0.4) is 0 Å². The predicted molar refractivity (Wildman–Crippen MR) is 88.7 cm³/mol. The fourth-order valence-corrected chi connectivity index (χ4v) is 3.36. The first kappa shape index (κ1) is 15.4. The quantitative estimate of drug-likeness (QED) is 0.883. The van der Waals surface area contributed by atoms with Crippen molar-refractivity contribution in [2.45, 2.75) is 39.5 Å². The molecule has 1 atom stereocenters. The largest absolute Gasteiger partial charge is 0.392 e. The number of β-amino-alcohol motifs (C(OH)–C–C–N with tert-alkyl or cyclic N) is 1. The van der Waals surface area contributed by atoms with E-state index in [1.807, 2.05) is 28.3 Å². The SMILES string of the molecule is Cc1cccc(-n2c(C)nn(CN3CCC[C@@H](O)C3)c2=S)c1. The average molecular weight is 318 g/mol. The van der Waals surface area contributed by atoms with Gasteiger partial charge in [-0.2, -0.15) is 5.10 Å². The van der Waals surface area contributed by atoms with E-state index in [1.54, 1.807) is 0 Å². The summed E-state index contributed by atoms with van der Waals surface area (Å²) in [6, 6.07) is 8.26. The monoisotopic (exact) mass is 318 g/mol. The molecule has 0 amide bonds. The Labute approximate surface area is 135 Å². The molecule has 1 aromatic heterocycles. The van der Waals surface area contributed by atoms with E-state index in [0.717, 1.165) is 30.9 Å². The molecule has 0 unspecified atom stereocenters. The molecule has 5 nitrogen and oxygen atoms in total. The fraction of sp³-hybridized carbons (Fsp3) is 0.500. The maximum Gasteiger partial charge on any atom is 0.203 e. The molecule has 0 spiro atoms. The zero-order chi connectivity index (χ0) is 15.7. The first-order valence-electron chi connectivity index (χ1n) is 7.68. The lowest BCUT2D eigenvalue weighted by atomic mass is 10.1. The molecule has 0 saturated carbocycles. The lowest BCUT2D eigenvalue weighted by Gasteiger charge is -2.29. The minimum Gasteiger partial charge on any atom is -0.392 e. The normalized spacial score (nSPS) is 19.5. The maximum atomic E-state index is 9.79. The van der Waals surface area contributed by atoms with Gasteiger partial charge in [-0.15, -0.1) is 0 Å². The van der Waals surface area contributed by atoms with E-state index < -0.39 is 0 Å². The number of aromatic nitrogens is 3. The molecule has 1 aliphatic rings. The predicted octanol–water partition coefficient (Wildman–Crippen LogP) is 2.43. The Morgan fingerprint density at radius 2 is 2.18 bits per heavy atom. The number of aliphatic hydroxyl groups excluding tert-OH is 1. The van der Waals surface area contributed by atoms with Crippen molar-refractivity contribution in [1.29, 1.82) is 0 Å². The van der Waals surface area contributed by atoms with E-state index in [1.165, 1.54) is 5.56 Å². The van der Waals surface area contributed by atoms with Gasteiger partial charge >= 0.3 is 0 Å². The summed E-state index contributed by atoms with van der Waals surface area (Å²) in [6.45, 7) is 6.35. The first-order chi connectivity index (χ1) is 10.5. The summed E-state index contributed by atoms with van der Waals surface area (Å²) >= 11 is 5.61. The summed E-state index contributed by atoms with van der Waals surface area (Å²) in [7, 11) is 0. The molecule has 1 fully saturated rings. The molecule has 0 radical (unpaired) electrons. The van der Waals surface area contributed by atoms with Gasteiger partial charge in [0.25, 0.3) is 0 Å². The average Bonchev–Trinajstić information content (AvgIpc) is 2.73. The van der Waals surface area contributed by atoms with Crippen molar-refractivity contribution in [3.8, 4) is 5.69 Å². The van der Waals surface area contributed by atoms with Crippen LogP contribution in [0.5, 0.6) is 0 Å². The summed E-state index contributed by atoms with van der Waals surface area (Å²) in [5.41, 5.74) is 2.25. The molecule has 1 aromatic carbocycles. The van der Waals surface area contributed by atoms with Gasteiger partial charge in [0, 0.05) is 18.8 Å². The Kier molecular flexibility index (Phi) is 4.42. The van der Waals surface area contributed by atoms with Crippen molar-refractivity contribution >= 4 is 12.2 Å². The van der Waals surface area contributed by atoms with Crippen LogP contribution in [0, 0.1) is 18.6 Å². The summed E-state index contributed by atoms with van der Waals surface area (Å²) < 4.78 is 4.55. The summed E-state index contributed by atoms with van der Waals surface area (Å²) in [5.74, 6) is 0.883. The highest BCUT2D eigenvalue weighted by molar-refractivity contribution is 7.71. The molecule has 6 heteroatoms. The lowest BCUT2D eigenvalue weighted by Crippen LogP contribution is -2.39. The van der Waals surface area contributed by atoms with Gasteiger partial charge in [0.2, 0.25) is 4.77 Å². The molecule has 1 N–H and O–H groups in total. The van der Waals surface area contributed by atoms with Crippen molar-refractivity contribution in [2.75, 3.05) is 13.1 Å². The van der Waals surface area contributed by atoms with Gasteiger partial charge in [-0.25, -0.2) is 4.68 Å². The minimum atomic E-state index is -0.233. The van der Waals surface area contributed by atoms with Crippen LogP contribution in [0.2, 0.25) is 0 Å². The van der Waals surface area contributed by atoms with Crippen LogP contribution >= 0.6 is 12.2 Å². The zero-order valence-corrected chi connectivity index (χ0v) is 13.9. The first-order valence-corrected chi connectivity index (χ1v) is 8.09. The van der Waals surface area contributed by atoms with Crippen LogP contribution in [0.1, 0.15) is 24.2 Å². The molecular formula is C16H22N4OS. The highest BCUT2D eigenvalue weighted by Gasteiger charge is 2.19. The molecule has 1 saturated heterocycles. The number of hydrogen-bond acceptors (Lipinski definition) is 4. The Bertz CT molecular complexity index is 721. The van der Waals surface area contributed by atoms with Crippen LogP contribution in [-0.4, -0.2) is 43.5 Å². The van der Waals surface area contributed by atoms with E-state index in [0.29, 0.717) is 18.0 Å². The van der Waals surface area contributed by atoms with Gasteiger partial charge in [-0.05, 0) is 56.6 Å². The third-order valence-corrected chi connectivity index (χ3v) is 4.47. The number of likely N-dealkylation sites (tertiary alicyclic amines) is 1. The molecular weight excluding hydrogens is 296 g/mol. The number of piperidine rings is 1. The van der Waals surface area contributed by atoms with Gasteiger partial charge in [-0.3, -0.25) is 9.47 Å². The van der Waals surface area contributed by atoms with Crippen LogP contribution < -0.4 is 0 Å². The van der Waals surface area contributed by atoms with E-state index in [4.69, 9.17) is 12.2 Å². The number of aryl methyl sites for hydroxylation is 2. The second-order valence-electron chi connectivity index (χ2n) is 6.02. The molecule has 2 aromatic rings. The number of hydrogen-bond donors (Lipinski definition) is 1. The van der Waals surface area contributed by atoms with E-state index in [2.05, 4.69) is 29.1 Å². The summed E-state index contributed by atoms with van der Waals surface area (Å²) in [6.07, 6.45) is 1.67. The van der Waals surface area contributed by atoms with Crippen LogP contribution in [0.4, 0.5) is 0 Å². The molecule has 3 rings (SSSR count). The number of aliphatic hydroxyl groups is 1. The Hall–Kier alpha value is -1.50. The smallest absolute Gasteiger partial charge is 0.203 e. The van der Waals surface area contributed by atoms with Crippen LogP contribution in [0.25, 0.3) is 5.69 Å². The van der Waals surface area contributed by atoms with E-state index in [-0.39, 0.29) is 6.10 Å². The number of nitrogens with zero attached hydrogens (tertiary/aromatic N) is 4. The highest BCUT2D eigenvalue weighted by atomic mass is 32.1. The third kappa shape index (κ3) is 3.14. The molecule has 1 aliphatic heterocycles. The zero-order valence-electron chi connectivity index (χ0n) is 13.1. The lowest BCUT2D eigenvalue weighted by molar-refractivity contribution is 0.0512. The van der Waals surface area contributed by atoms with E-state index in [9.17, 15) is 5.11 Å². The fourth-order valence-electron chi connectivity index (χ4n) is 3.02. The molecule has 22 heavy (non-hydrogen) atoms. The van der Waals surface area contributed by atoms with Gasteiger partial charge in [0.1, 0.15) is 5.82 Å². The Morgan fingerprint density at radius 3 is 2.91 bits per heavy atom. The van der Waals surface area contributed by atoms with Crippen LogP contribution in [0.15, 0.2) is 24.3 Å². The maximum absolute atomic E-state index is 9.79. The van der Waals surface area contributed by atoms with E-state index >= 15 is 0 Å². The van der Waals surface area contributed by atoms with Crippen molar-refractivity contribution in [1.82, 2.24) is 19.2 Å². The van der Waals surface area contributed by atoms with Crippen molar-refractivity contribution in [3.05, 3.63) is 40.4 Å². The molecule has 118 valence electrons. The van der Waals surface area contributed by atoms with Crippen molar-refractivity contribution in [3.63, 3.8) is 0 Å². The molecule has 2 heterocycles. The second kappa shape index (κ2) is 6.32. The summed E-state index contributed by atoms with van der Waals surface area (Å²) in [5, 5.41) is 14.4. The standard InChI is InChI=1S/C16H22N4OS/c1-12-5-3-6-14(9-12)20-13(2)17-19(16(20)22)11-18-8-4-7-15(21)10-18/h3,5-6,9,15,21H,4,7-8,10-11H2,1-2H3/t15-/m1/s1. The van der Waals surface area contributed by atoms with Gasteiger partial charge in [-0.1, -0.05) is 12.1 Å². The Morgan fingerprint density at radius 1 is 1.36 bits per heavy atom. The highest BCUT2D eigenvalue weighted by Crippen LogP contribution is 2.15. The minimum absolute atomic E-state index is 0.233. The third-order valence-electron chi connectivity index (χ3n) is 4.08. The van der Waals surface area contributed by atoms with Crippen molar-refractivity contribution in [2.24, 2.45) is 0 Å². The number of benzene rings is 1. The number of rotatable bonds is 3. The Balaban J connectivity index is 1.89. The second-order valence-corrected chi connectivity index (χ2v) is 6.38.